The van der Waals surface area contributed by atoms with E-state index >= 15 is 0 Å². The van der Waals surface area contributed by atoms with Crippen molar-refractivity contribution in [1.82, 2.24) is 0 Å². The van der Waals surface area contributed by atoms with Gasteiger partial charge in [-0.2, -0.15) is 0 Å². The fourth-order valence-electron chi connectivity index (χ4n) is 4.81. The highest BCUT2D eigenvalue weighted by atomic mass is 35.5. The molecule has 0 bridgehead atoms. The van der Waals surface area contributed by atoms with Crippen LogP contribution in [0.3, 0.4) is 0 Å². The van der Waals surface area contributed by atoms with Gasteiger partial charge in [-0.15, -0.1) is 0 Å². The second-order valence-electron chi connectivity index (χ2n) is 7.73. The lowest BCUT2D eigenvalue weighted by molar-refractivity contribution is 0.0224. The molecule has 0 saturated carbocycles. The maximum atomic E-state index is 12.8. The van der Waals surface area contributed by atoms with Crippen molar-refractivity contribution in [2.45, 2.75) is 18.4 Å². The number of carbonyl (C=O) groups is 1. The Morgan fingerprint density at radius 3 is 2.41 bits per heavy atom. The summed E-state index contributed by atoms with van der Waals surface area (Å²) in [5.41, 5.74) is 3.16. The van der Waals surface area contributed by atoms with E-state index in [0.717, 1.165) is 35.5 Å². The van der Waals surface area contributed by atoms with Gasteiger partial charge in [0, 0.05) is 46.6 Å². The first kappa shape index (κ1) is 16.9. The molecular weight excluding hydrogens is 386 g/mol. The van der Waals surface area contributed by atoms with Crippen LogP contribution in [-0.2, 0) is 10.3 Å². The molecule has 1 spiro atoms. The average molecular weight is 404 g/mol. The van der Waals surface area contributed by atoms with E-state index in [9.17, 15) is 4.79 Å². The van der Waals surface area contributed by atoms with Crippen molar-refractivity contribution < 1.29 is 14.3 Å². The largest absolute Gasteiger partial charge is 0.456 e. The summed E-state index contributed by atoms with van der Waals surface area (Å²) in [5, 5.41) is 0.579. The first-order valence-corrected chi connectivity index (χ1v) is 10.2. The Kier molecular flexibility index (Phi) is 3.51. The molecule has 0 aliphatic carbocycles. The minimum absolute atomic E-state index is 0.321. The van der Waals surface area contributed by atoms with Gasteiger partial charge in [0.15, 0.2) is 5.60 Å². The molecule has 0 N–H and O–H groups in total. The fraction of sp³-hybridized carbons (Fsp3) is 0.208. The van der Waals surface area contributed by atoms with Crippen LogP contribution in [-0.4, -0.2) is 19.1 Å². The summed E-state index contributed by atoms with van der Waals surface area (Å²) in [6.07, 6.45) is 2.40. The molecule has 3 aliphatic heterocycles. The van der Waals surface area contributed by atoms with Crippen LogP contribution in [0.4, 0.5) is 5.69 Å². The van der Waals surface area contributed by atoms with Gasteiger partial charge in [-0.3, -0.25) is 0 Å². The number of benzene rings is 3. The Labute approximate surface area is 173 Å². The number of hydrogen-bond donors (Lipinski definition) is 0. The molecule has 1 atom stereocenters. The summed E-state index contributed by atoms with van der Waals surface area (Å²) >= 11 is 6.27. The molecule has 144 valence electrons. The number of esters is 1. The van der Waals surface area contributed by atoms with Crippen molar-refractivity contribution in [1.29, 1.82) is 0 Å². The van der Waals surface area contributed by atoms with E-state index < -0.39 is 5.60 Å². The molecule has 29 heavy (non-hydrogen) atoms. The first-order chi connectivity index (χ1) is 14.2. The van der Waals surface area contributed by atoms with E-state index in [4.69, 9.17) is 21.1 Å². The van der Waals surface area contributed by atoms with E-state index in [1.807, 2.05) is 42.5 Å². The van der Waals surface area contributed by atoms with Gasteiger partial charge < -0.3 is 14.4 Å². The lowest BCUT2D eigenvalue weighted by atomic mass is 9.77. The summed E-state index contributed by atoms with van der Waals surface area (Å²) in [6.45, 7) is 2.09. The molecule has 5 heteroatoms. The molecule has 0 radical (unpaired) electrons. The molecular formula is C24H18ClNO3. The smallest absolute Gasteiger partial charge is 0.340 e. The quantitative estimate of drug-likeness (QED) is 0.502. The fourth-order valence-corrected chi connectivity index (χ4v) is 4.97. The first-order valence-electron chi connectivity index (χ1n) is 9.87. The van der Waals surface area contributed by atoms with Crippen LogP contribution >= 0.6 is 11.6 Å². The zero-order chi connectivity index (χ0) is 19.6. The Bertz CT molecular complexity index is 1170. The Morgan fingerprint density at radius 2 is 1.59 bits per heavy atom. The molecule has 6 rings (SSSR count). The topological polar surface area (TPSA) is 38.8 Å². The van der Waals surface area contributed by atoms with Gasteiger partial charge in [0.05, 0.1) is 5.56 Å². The molecule has 1 unspecified atom stereocenters. The average Bonchev–Trinajstić information content (AvgIpc) is 3.36. The number of anilines is 1. The maximum Gasteiger partial charge on any atom is 0.340 e. The molecule has 0 aromatic heterocycles. The molecule has 1 saturated heterocycles. The number of carbonyl (C=O) groups excluding carboxylic acids is 1. The van der Waals surface area contributed by atoms with Crippen LogP contribution in [0, 0.1) is 0 Å². The third kappa shape index (κ3) is 2.29. The third-order valence-electron chi connectivity index (χ3n) is 6.13. The molecule has 0 amide bonds. The van der Waals surface area contributed by atoms with Crippen molar-refractivity contribution in [3.05, 3.63) is 87.9 Å². The number of fused-ring (bicyclic) bond motifs is 6. The number of halogens is 1. The van der Waals surface area contributed by atoms with Gasteiger partial charge >= 0.3 is 5.97 Å². The van der Waals surface area contributed by atoms with Crippen molar-refractivity contribution in [2.75, 3.05) is 18.0 Å². The van der Waals surface area contributed by atoms with Crippen molar-refractivity contribution in [2.24, 2.45) is 0 Å². The number of hydrogen-bond acceptors (Lipinski definition) is 4. The molecule has 3 aromatic carbocycles. The van der Waals surface area contributed by atoms with E-state index in [2.05, 4.69) is 17.0 Å². The van der Waals surface area contributed by atoms with Crippen LogP contribution in [0.5, 0.6) is 11.5 Å². The van der Waals surface area contributed by atoms with E-state index in [0.29, 0.717) is 22.1 Å². The minimum atomic E-state index is -1.02. The van der Waals surface area contributed by atoms with Gasteiger partial charge in [0.25, 0.3) is 0 Å². The molecule has 3 aromatic rings. The van der Waals surface area contributed by atoms with E-state index in [1.54, 1.807) is 6.07 Å². The number of ether oxygens (including phenoxy) is 2. The Balaban J connectivity index is 1.62. The Hall–Kier alpha value is -2.98. The second kappa shape index (κ2) is 6.01. The normalized spacial score (nSPS) is 21.4. The van der Waals surface area contributed by atoms with Gasteiger partial charge in [0.1, 0.15) is 11.5 Å². The number of nitrogens with zero attached hydrogens (tertiary/aromatic N) is 1. The number of rotatable bonds is 1. The lowest BCUT2D eigenvalue weighted by Gasteiger charge is -2.37. The predicted octanol–water partition coefficient (Wildman–Crippen LogP) is 5.51. The summed E-state index contributed by atoms with van der Waals surface area (Å²) in [5.74, 6) is 1.000. The highest BCUT2D eigenvalue weighted by molar-refractivity contribution is 6.30. The Morgan fingerprint density at radius 1 is 0.862 bits per heavy atom. The second-order valence-corrected chi connectivity index (χ2v) is 8.17. The van der Waals surface area contributed by atoms with Crippen LogP contribution < -0.4 is 9.64 Å². The highest BCUT2D eigenvalue weighted by Crippen LogP contribution is 2.56. The molecule has 1 fully saturated rings. The van der Waals surface area contributed by atoms with Crippen LogP contribution in [0.25, 0.3) is 0 Å². The third-order valence-corrected chi connectivity index (χ3v) is 6.37. The monoisotopic (exact) mass is 403 g/mol. The maximum absolute atomic E-state index is 12.8. The lowest BCUT2D eigenvalue weighted by Crippen LogP contribution is -2.33. The van der Waals surface area contributed by atoms with Crippen molar-refractivity contribution >= 4 is 23.3 Å². The van der Waals surface area contributed by atoms with E-state index in [-0.39, 0.29) is 5.97 Å². The highest BCUT2D eigenvalue weighted by Gasteiger charge is 2.53. The van der Waals surface area contributed by atoms with Crippen LogP contribution in [0.1, 0.15) is 39.9 Å². The zero-order valence-corrected chi connectivity index (χ0v) is 16.4. The summed E-state index contributed by atoms with van der Waals surface area (Å²) in [7, 11) is 0. The van der Waals surface area contributed by atoms with Gasteiger partial charge in [-0.1, -0.05) is 29.8 Å². The standard InChI is InChI=1S/C24H18ClNO3/c25-15-7-9-19-21(13-15)28-22-14-16(26-11-3-4-12-26)8-10-20(22)24(19)18-6-2-1-5-17(18)23(27)29-24/h1-2,5-10,13-14H,3-4,11-12H2. The predicted molar refractivity (Wildman–Crippen MR) is 111 cm³/mol. The van der Waals surface area contributed by atoms with Gasteiger partial charge in [0.2, 0.25) is 0 Å². The summed E-state index contributed by atoms with van der Waals surface area (Å²) < 4.78 is 12.4. The minimum Gasteiger partial charge on any atom is -0.456 e. The van der Waals surface area contributed by atoms with Gasteiger partial charge in [-0.05, 0) is 49.2 Å². The van der Waals surface area contributed by atoms with Crippen molar-refractivity contribution in [3.63, 3.8) is 0 Å². The molecule has 4 nitrogen and oxygen atoms in total. The zero-order valence-electron chi connectivity index (χ0n) is 15.7. The van der Waals surface area contributed by atoms with Crippen molar-refractivity contribution in [3.8, 4) is 11.5 Å². The van der Waals surface area contributed by atoms with Crippen LogP contribution in [0.15, 0.2) is 60.7 Å². The summed E-state index contributed by atoms with van der Waals surface area (Å²) in [4.78, 5) is 15.2. The SMILES string of the molecule is O=C1OC2(c3ccc(Cl)cc3Oc3cc(N4CCCC4)ccc32)c2ccccc21. The summed E-state index contributed by atoms with van der Waals surface area (Å²) in [6, 6.07) is 19.3. The van der Waals surface area contributed by atoms with E-state index in [1.165, 1.54) is 12.8 Å². The molecule has 3 heterocycles. The molecule has 3 aliphatic rings. The van der Waals surface area contributed by atoms with Crippen LogP contribution in [0.2, 0.25) is 5.02 Å². The van der Waals surface area contributed by atoms with Gasteiger partial charge in [-0.25, -0.2) is 4.79 Å².